The summed E-state index contributed by atoms with van der Waals surface area (Å²) in [7, 11) is 0. The van der Waals surface area contributed by atoms with E-state index >= 15 is 0 Å². The molecule has 7 heteroatoms. The largest absolute Gasteiger partial charge is 0.532 e. The van der Waals surface area contributed by atoms with E-state index in [-0.39, 0.29) is 0 Å². The average Bonchev–Trinajstić information content (AvgIpc) is 1.67. The molecular weight excluding hydrogens is 116 g/mol. The van der Waals surface area contributed by atoms with Crippen molar-refractivity contribution in [1.29, 1.82) is 5.26 Å². The molecule has 0 rings (SSSR count). The third kappa shape index (κ3) is 1.12. The smallest absolute Gasteiger partial charge is 0.401 e. The Balaban J connectivity index is 4.19. The minimum absolute atomic E-state index is 0.701. The van der Waals surface area contributed by atoms with Crippen LogP contribution in [0.15, 0.2) is 0 Å². The normalized spacial score (nSPS) is 16.1. The Morgan fingerprint density at radius 3 is 2.25 bits per heavy atom. The number of hydrogen-bond donors (Lipinski definition) is 1. The monoisotopic (exact) mass is 118 g/mol. The first-order valence-corrected chi connectivity index (χ1v) is 1.45. The molecule has 0 saturated carbocycles. The minimum atomic E-state index is -2.60. The first kappa shape index (κ1) is 6.77. The topological polar surface area (TPSA) is 116 Å². The lowest BCUT2D eigenvalue weighted by molar-refractivity contribution is -1.27. The predicted octanol–water partition coefficient (Wildman–Crippen LogP) is -1.15. The second kappa shape index (κ2) is 1.71. The van der Waals surface area contributed by atoms with Crippen LogP contribution in [0.3, 0.4) is 0 Å². The van der Waals surface area contributed by atoms with Gasteiger partial charge in [0, 0.05) is 0 Å². The van der Waals surface area contributed by atoms with Crippen LogP contribution in [0.5, 0.6) is 0 Å². The molecule has 0 aliphatic rings. The summed E-state index contributed by atoms with van der Waals surface area (Å²) < 4.78 is 0. The lowest BCUT2D eigenvalue weighted by atomic mass is 11.3. The van der Waals surface area contributed by atoms with Gasteiger partial charge in [0.25, 0.3) is 5.03 Å². The van der Waals surface area contributed by atoms with Crippen molar-refractivity contribution in [1.82, 2.24) is 0 Å². The molecule has 0 aliphatic carbocycles. The number of nitrogens with two attached hydrogens (primary N) is 1. The van der Waals surface area contributed by atoms with Crippen LogP contribution < -0.4 is 5.84 Å². The van der Waals surface area contributed by atoms with Gasteiger partial charge in [-0.15, -0.1) is 11.1 Å². The van der Waals surface area contributed by atoms with Crippen LogP contribution in [0, 0.1) is 26.8 Å². The molecule has 0 aromatic rings. The molecule has 0 radical (unpaired) electrons. The van der Waals surface area contributed by atoms with Crippen LogP contribution in [0.2, 0.25) is 0 Å². The summed E-state index contributed by atoms with van der Waals surface area (Å²) in [6.45, 7) is 0. The average molecular weight is 118 g/mol. The van der Waals surface area contributed by atoms with E-state index in [2.05, 4.69) is 5.84 Å². The van der Waals surface area contributed by atoms with E-state index in [1.54, 1.807) is 0 Å². The van der Waals surface area contributed by atoms with Gasteiger partial charge < -0.3 is 5.21 Å². The van der Waals surface area contributed by atoms with E-state index in [0.29, 0.717) is 6.19 Å². The molecule has 0 spiro atoms. The molecule has 8 heavy (non-hydrogen) atoms. The number of nitriles is 1. The highest BCUT2D eigenvalue weighted by molar-refractivity contribution is 4.43. The molecule has 0 amide bonds. The first-order valence-electron chi connectivity index (χ1n) is 1.45. The molecular formula is CH2N4O3. The molecule has 0 fully saturated rings. The van der Waals surface area contributed by atoms with E-state index in [4.69, 9.17) is 5.26 Å². The van der Waals surface area contributed by atoms with Crippen molar-refractivity contribution in [3.05, 3.63) is 15.3 Å². The quantitative estimate of drug-likeness (QED) is 0.153. The molecule has 1 atom stereocenters. The van der Waals surface area contributed by atoms with Gasteiger partial charge in [-0.3, -0.25) is 0 Å². The fourth-order valence-corrected chi connectivity index (χ4v) is 0.0365. The standard InChI is InChI=1S/CH2N4O3/c2-1-5(3,8)4(6)7/h3H2. The molecule has 0 saturated heterocycles. The van der Waals surface area contributed by atoms with Crippen LogP contribution in [-0.2, 0) is 0 Å². The van der Waals surface area contributed by atoms with Crippen molar-refractivity contribution in [3.8, 4) is 6.19 Å². The van der Waals surface area contributed by atoms with Crippen molar-refractivity contribution in [2.45, 2.75) is 0 Å². The highest BCUT2D eigenvalue weighted by Crippen LogP contribution is 1.87. The van der Waals surface area contributed by atoms with Crippen molar-refractivity contribution in [3.63, 3.8) is 0 Å². The molecule has 0 aliphatic heterocycles. The fraction of sp³-hybridized carbons (Fsp3) is 0. The van der Waals surface area contributed by atoms with E-state index in [1.165, 1.54) is 0 Å². The molecule has 2 N–H and O–H groups in total. The van der Waals surface area contributed by atoms with Crippen LogP contribution in [0.4, 0.5) is 0 Å². The zero-order chi connectivity index (χ0) is 6.78. The van der Waals surface area contributed by atoms with Crippen LogP contribution in [0.25, 0.3) is 0 Å². The zero-order valence-corrected chi connectivity index (χ0v) is 3.64. The lowest BCUT2D eigenvalue weighted by Crippen LogP contribution is -2.49. The van der Waals surface area contributed by atoms with Gasteiger partial charge in [-0.25, -0.2) is 10.1 Å². The summed E-state index contributed by atoms with van der Waals surface area (Å²) in [5.41, 5.74) is 0. The maximum atomic E-state index is 9.83. The summed E-state index contributed by atoms with van der Waals surface area (Å²) in [5.74, 6) is 4.18. The Morgan fingerprint density at radius 1 is 1.88 bits per heavy atom. The van der Waals surface area contributed by atoms with E-state index in [9.17, 15) is 15.3 Å². The SMILES string of the molecule is N#C[N+](N)([O-])[N+](=O)[O-]. The Kier molecular flexibility index (Phi) is 1.44. The van der Waals surface area contributed by atoms with Gasteiger partial charge in [0.05, 0.1) is 0 Å². The van der Waals surface area contributed by atoms with Crippen molar-refractivity contribution >= 4 is 0 Å². The summed E-state index contributed by atoms with van der Waals surface area (Å²) in [5, 5.41) is 25.3. The van der Waals surface area contributed by atoms with Gasteiger partial charge in [0.15, 0.2) is 0 Å². The molecule has 0 heterocycles. The second-order valence-electron chi connectivity index (χ2n) is 0.961. The number of hydrogen-bond acceptors (Lipinski definition) is 5. The zero-order valence-electron chi connectivity index (χ0n) is 3.64. The number of quaternary nitrogens is 1. The van der Waals surface area contributed by atoms with Gasteiger partial charge in [0.2, 0.25) is 0 Å². The molecule has 0 bridgehead atoms. The van der Waals surface area contributed by atoms with Gasteiger partial charge >= 0.3 is 6.19 Å². The summed E-state index contributed by atoms with van der Waals surface area (Å²) in [4.78, 5) is 6.77. The fourth-order valence-electron chi connectivity index (χ4n) is 0.0365. The van der Waals surface area contributed by atoms with Crippen molar-refractivity contribution < 1.29 is 9.90 Å². The second-order valence-corrected chi connectivity index (χ2v) is 0.961. The third-order valence-corrected chi connectivity index (χ3v) is 0.386. The summed E-state index contributed by atoms with van der Waals surface area (Å²) >= 11 is 0. The molecule has 0 aromatic carbocycles. The molecule has 44 valence electrons. The van der Waals surface area contributed by atoms with Crippen molar-refractivity contribution in [2.75, 3.05) is 0 Å². The van der Waals surface area contributed by atoms with Crippen LogP contribution >= 0.6 is 0 Å². The number of nitrogens with zero attached hydrogens (tertiary/aromatic N) is 3. The van der Waals surface area contributed by atoms with E-state index < -0.39 is 9.90 Å². The number of rotatable bonds is 1. The Bertz CT molecular complexity index is 144. The Hall–Kier alpha value is -1.23. The van der Waals surface area contributed by atoms with Crippen molar-refractivity contribution in [2.24, 2.45) is 5.84 Å². The number of hydroxylamine groups is 1. The van der Waals surface area contributed by atoms with Gasteiger partial charge in [-0.2, -0.15) is 0 Å². The Morgan fingerprint density at radius 2 is 2.25 bits per heavy atom. The van der Waals surface area contributed by atoms with Crippen LogP contribution in [0.1, 0.15) is 0 Å². The van der Waals surface area contributed by atoms with Gasteiger partial charge in [-0.1, -0.05) is 0 Å². The maximum Gasteiger partial charge on any atom is 0.401 e. The van der Waals surface area contributed by atoms with E-state index in [0.717, 1.165) is 0 Å². The highest BCUT2D eigenvalue weighted by Gasteiger charge is 2.23. The summed E-state index contributed by atoms with van der Waals surface area (Å²) in [6, 6.07) is 0. The highest BCUT2D eigenvalue weighted by atomic mass is 16.8. The first-order chi connectivity index (χ1) is 3.50. The number of nitro groups is 1. The third-order valence-electron chi connectivity index (χ3n) is 0.386. The lowest BCUT2D eigenvalue weighted by Gasteiger charge is -2.10. The van der Waals surface area contributed by atoms with Gasteiger partial charge in [0.1, 0.15) is 4.86 Å². The van der Waals surface area contributed by atoms with E-state index in [1.807, 2.05) is 0 Å². The Labute approximate surface area is 43.8 Å². The molecule has 7 nitrogen and oxygen atoms in total. The molecule has 1 unspecified atom stereocenters. The van der Waals surface area contributed by atoms with Gasteiger partial charge in [-0.05, 0) is 0 Å². The van der Waals surface area contributed by atoms with Crippen LogP contribution in [-0.4, -0.2) is 9.90 Å². The predicted molar refractivity (Wildman–Crippen MR) is 20.4 cm³/mol. The minimum Gasteiger partial charge on any atom is -0.532 e. The maximum absolute atomic E-state index is 9.83. The summed E-state index contributed by atoms with van der Waals surface area (Å²) in [6.07, 6.45) is 0.701. The molecule has 0 aromatic heterocycles.